The first-order chi connectivity index (χ1) is 9.49. The highest BCUT2D eigenvalue weighted by Crippen LogP contribution is 2.22. The molecule has 0 saturated carbocycles. The number of nitro benzene ring substituents is 1. The van der Waals surface area contributed by atoms with Crippen molar-refractivity contribution in [2.24, 2.45) is 0 Å². The number of amides is 1. The highest BCUT2D eigenvalue weighted by Gasteiger charge is 2.15. The third-order valence-electron chi connectivity index (χ3n) is 2.65. The molecule has 102 valence electrons. The van der Waals surface area contributed by atoms with Gasteiger partial charge in [0.2, 0.25) is 0 Å². The van der Waals surface area contributed by atoms with Gasteiger partial charge in [-0.25, -0.2) is 9.37 Å². The van der Waals surface area contributed by atoms with Crippen molar-refractivity contribution in [1.29, 1.82) is 0 Å². The predicted molar refractivity (Wildman–Crippen MR) is 70.0 cm³/mol. The minimum Gasteiger partial charge on any atom is -0.320 e. The van der Waals surface area contributed by atoms with Crippen LogP contribution in [-0.2, 0) is 0 Å². The van der Waals surface area contributed by atoms with Crippen LogP contribution in [0.3, 0.4) is 0 Å². The first-order valence-electron chi connectivity index (χ1n) is 5.66. The molecule has 1 aromatic carbocycles. The number of nitro groups is 1. The van der Waals surface area contributed by atoms with E-state index in [9.17, 15) is 19.3 Å². The maximum absolute atomic E-state index is 13.4. The van der Waals surface area contributed by atoms with Crippen molar-refractivity contribution < 1.29 is 14.1 Å². The number of aryl methyl sites for hydroxylation is 1. The van der Waals surface area contributed by atoms with Crippen LogP contribution in [0.1, 0.15) is 16.1 Å². The highest BCUT2D eigenvalue weighted by atomic mass is 19.1. The highest BCUT2D eigenvalue weighted by molar-refractivity contribution is 6.03. The van der Waals surface area contributed by atoms with Crippen LogP contribution in [0.25, 0.3) is 0 Å². The first kappa shape index (κ1) is 13.6. The Bertz CT molecular complexity index is 688. The second-order valence-electron chi connectivity index (χ2n) is 4.04. The van der Waals surface area contributed by atoms with Crippen LogP contribution in [0.2, 0.25) is 0 Å². The number of nitrogens with zero attached hydrogens (tertiary/aromatic N) is 2. The van der Waals surface area contributed by atoms with Gasteiger partial charge in [-0.05, 0) is 24.6 Å². The molecule has 20 heavy (non-hydrogen) atoms. The Balaban J connectivity index is 2.30. The molecule has 0 saturated heterocycles. The van der Waals surface area contributed by atoms with E-state index in [-0.39, 0.29) is 17.1 Å². The van der Waals surface area contributed by atoms with Crippen LogP contribution in [0.4, 0.5) is 15.8 Å². The Morgan fingerprint density at radius 1 is 1.40 bits per heavy atom. The summed E-state index contributed by atoms with van der Waals surface area (Å²) < 4.78 is 13.4. The second-order valence-corrected chi connectivity index (χ2v) is 4.04. The molecule has 6 nitrogen and oxygen atoms in total. The third kappa shape index (κ3) is 2.77. The van der Waals surface area contributed by atoms with Crippen molar-refractivity contribution in [3.8, 4) is 0 Å². The molecule has 1 N–H and O–H groups in total. The Hall–Kier alpha value is -2.83. The summed E-state index contributed by atoms with van der Waals surface area (Å²) >= 11 is 0. The van der Waals surface area contributed by atoms with E-state index < -0.39 is 16.6 Å². The van der Waals surface area contributed by atoms with E-state index in [0.717, 1.165) is 6.07 Å². The summed E-state index contributed by atoms with van der Waals surface area (Å²) in [5.74, 6) is -1.51. The number of rotatable bonds is 3. The van der Waals surface area contributed by atoms with Gasteiger partial charge in [0.05, 0.1) is 10.6 Å². The SMILES string of the molecule is Cc1ccc([N+](=O)[O-])cc1NC(=O)c1ncccc1F. The number of hydrogen-bond donors (Lipinski definition) is 1. The van der Waals surface area contributed by atoms with Gasteiger partial charge in [-0.1, -0.05) is 6.07 Å². The van der Waals surface area contributed by atoms with Gasteiger partial charge < -0.3 is 5.32 Å². The maximum Gasteiger partial charge on any atom is 0.277 e. The minimum absolute atomic E-state index is 0.160. The zero-order valence-corrected chi connectivity index (χ0v) is 10.5. The van der Waals surface area contributed by atoms with Crippen molar-refractivity contribution in [2.45, 2.75) is 6.92 Å². The Morgan fingerprint density at radius 2 is 2.15 bits per heavy atom. The number of aromatic nitrogens is 1. The Kier molecular flexibility index (Phi) is 3.69. The van der Waals surface area contributed by atoms with E-state index in [2.05, 4.69) is 10.3 Å². The molecule has 1 aromatic heterocycles. The third-order valence-corrected chi connectivity index (χ3v) is 2.65. The number of non-ortho nitro benzene ring substituents is 1. The lowest BCUT2D eigenvalue weighted by Gasteiger charge is -2.08. The fourth-order valence-electron chi connectivity index (χ4n) is 1.59. The largest absolute Gasteiger partial charge is 0.320 e. The maximum atomic E-state index is 13.4. The topological polar surface area (TPSA) is 85.1 Å². The monoisotopic (exact) mass is 275 g/mol. The van der Waals surface area contributed by atoms with Gasteiger partial charge >= 0.3 is 0 Å². The van der Waals surface area contributed by atoms with Crippen LogP contribution in [0.5, 0.6) is 0 Å². The summed E-state index contributed by atoms with van der Waals surface area (Å²) in [6, 6.07) is 6.52. The molecule has 0 radical (unpaired) electrons. The summed E-state index contributed by atoms with van der Waals surface area (Å²) in [5.41, 5.74) is 0.348. The van der Waals surface area contributed by atoms with Crippen LogP contribution in [0, 0.1) is 22.9 Å². The fourth-order valence-corrected chi connectivity index (χ4v) is 1.59. The summed E-state index contributed by atoms with van der Waals surface area (Å²) in [6.45, 7) is 1.67. The molecule has 0 fully saturated rings. The number of hydrogen-bond acceptors (Lipinski definition) is 4. The van der Waals surface area contributed by atoms with Crippen molar-refractivity contribution in [3.63, 3.8) is 0 Å². The van der Waals surface area contributed by atoms with Gasteiger partial charge in [-0.15, -0.1) is 0 Å². The number of nitrogens with one attached hydrogen (secondary N) is 1. The van der Waals surface area contributed by atoms with Gasteiger partial charge in [-0.2, -0.15) is 0 Å². The molecule has 2 rings (SSSR count). The average molecular weight is 275 g/mol. The van der Waals surface area contributed by atoms with Crippen molar-refractivity contribution in [1.82, 2.24) is 4.98 Å². The number of halogens is 1. The lowest BCUT2D eigenvalue weighted by molar-refractivity contribution is -0.384. The van der Waals surface area contributed by atoms with Crippen LogP contribution >= 0.6 is 0 Å². The van der Waals surface area contributed by atoms with E-state index in [1.807, 2.05) is 0 Å². The van der Waals surface area contributed by atoms with E-state index in [1.165, 1.54) is 30.5 Å². The van der Waals surface area contributed by atoms with E-state index in [1.54, 1.807) is 6.92 Å². The molecule has 0 spiro atoms. The Morgan fingerprint density at radius 3 is 2.80 bits per heavy atom. The molecule has 1 amide bonds. The standard InChI is InChI=1S/C13H10FN3O3/c1-8-4-5-9(17(19)20)7-11(8)16-13(18)12-10(14)3-2-6-15-12/h2-7H,1H3,(H,16,18). The van der Waals surface area contributed by atoms with Gasteiger partial charge in [0.1, 0.15) is 0 Å². The Labute approximate surface area is 113 Å². The molecule has 1 heterocycles. The normalized spacial score (nSPS) is 10.1. The van der Waals surface area contributed by atoms with Gasteiger partial charge in [0.25, 0.3) is 11.6 Å². The minimum atomic E-state index is -0.758. The van der Waals surface area contributed by atoms with Crippen molar-refractivity contribution in [3.05, 3.63) is 63.7 Å². The average Bonchev–Trinajstić information content (AvgIpc) is 2.41. The molecule has 0 unspecified atom stereocenters. The first-order valence-corrected chi connectivity index (χ1v) is 5.66. The lowest BCUT2D eigenvalue weighted by Crippen LogP contribution is -2.16. The number of carbonyl (C=O) groups is 1. The summed E-state index contributed by atoms with van der Waals surface area (Å²) in [5, 5.41) is 13.1. The molecular weight excluding hydrogens is 265 g/mol. The second kappa shape index (κ2) is 5.43. The molecular formula is C13H10FN3O3. The zero-order valence-electron chi connectivity index (χ0n) is 10.5. The molecule has 0 bridgehead atoms. The number of pyridine rings is 1. The summed E-state index contributed by atoms with van der Waals surface area (Å²) in [7, 11) is 0. The molecule has 7 heteroatoms. The van der Waals surface area contributed by atoms with E-state index >= 15 is 0 Å². The van der Waals surface area contributed by atoms with E-state index in [0.29, 0.717) is 5.56 Å². The summed E-state index contributed by atoms with van der Waals surface area (Å²) in [4.78, 5) is 25.6. The smallest absolute Gasteiger partial charge is 0.277 e. The molecule has 0 aliphatic carbocycles. The summed E-state index contributed by atoms with van der Waals surface area (Å²) in [6.07, 6.45) is 1.29. The quantitative estimate of drug-likeness (QED) is 0.689. The molecule has 0 aliphatic heterocycles. The van der Waals surface area contributed by atoms with Gasteiger partial charge in [0.15, 0.2) is 11.5 Å². The number of benzene rings is 1. The van der Waals surface area contributed by atoms with Gasteiger partial charge in [-0.3, -0.25) is 14.9 Å². The molecule has 0 atom stereocenters. The number of anilines is 1. The van der Waals surface area contributed by atoms with Crippen LogP contribution in [0.15, 0.2) is 36.5 Å². The van der Waals surface area contributed by atoms with Crippen LogP contribution in [-0.4, -0.2) is 15.8 Å². The van der Waals surface area contributed by atoms with Crippen molar-refractivity contribution >= 4 is 17.3 Å². The van der Waals surface area contributed by atoms with Crippen molar-refractivity contribution in [2.75, 3.05) is 5.32 Å². The lowest BCUT2D eigenvalue weighted by atomic mass is 10.1. The fraction of sp³-hybridized carbons (Fsp3) is 0.0769. The zero-order chi connectivity index (χ0) is 14.7. The van der Waals surface area contributed by atoms with E-state index in [4.69, 9.17) is 0 Å². The van der Waals surface area contributed by atoms with Gasteiger partial charge in [0, 0.05) is 18.3 Å². The van der Waals surface area contributed by atoms with Crippen LogP contribution < -0.4 is 5.32 Å². The molecule has 2 aromatic rings. The number of carbonyl (C=O) groups excluding carboxylic acids is 1. The molecule has 0 aliphatic rings. The predicted octanol–water partition coefficient (Wildman–Crippen LogP) is 2.69.